The fourth-order valence-corrected chi connectivity index (χ4v) is 3.23. The predicted octanol–water partition coefficient (Wildman–Crippen LogP) is 5.08. The summed E-state index contributed by atoms with van der Waals surface area (Å²) >= 11 is 0. The molecule has 1 N–H and O–H groups in total. The minimum atomic E-state index is -0.571. The molecule has 2 aromatic rings. The molecule has 0 saturated carbocycles. The molecular formula is C25H27N3O4. The van der Waals surface area contributed by atoms with Crippen molar-refractivity contribution >= 4 is 17.6 Å². The van der Waals surface area contributed by atoms with Crippen LogP contribution in [-0.2, 0) is 22.4 Å². The molecule has 0 unspecified atom stereocenters. The lowest BCUT2D eigenvalue weighted by Gasteiger charge is -2.18. The average molecular weight is 434 g/mol. The third kappa shape index (κ3) is 7.14. The smallest absolute Gasteiger partial charge is 0.407 e. The van der Waals surface area contributed by atoms with Gasteiger partial charge in [0.25, 0.3) is 0 Å². The van der Waals surface area contributed by atoms with E-state index in [9.17, 15) is 9.59 Å². The Hall–Kier alpha value is -3.84. The second-order valence-electron chi connectivity index (χ2n) is 7.42. The summed E-state index contributed by atoms with van der Waals surface area (Å²) in [7, 11) is 1.50. The molecule has 166 valence electrons. The summed E-state index contributed by atoms with van der Waals surface area (Å²) in [5, 5.41) is 11.5. The number of carbonyl (C=O) groups excluding carboxylic acids is 2. The van der Waals surface area contributed by atoms with E-state index in [2.05, 4.69) is 10.2 Å². The fourth-order valence-electron chi connectivity index (χ4n) is 3.23. The normalized spacial score (nSPS) is 12.0. The Morgan fingerprint density at radius 3 is 2.53 bits per heavy atom. The summed E-state index contributed by atoms with van der Waals surface area (Å²) < 4.78 is 10.5. The highest BCUT2D eigenvalue weighted by molar-refractivity contribution is 5.83. The minimum absolute atomic E-state index is 0.0297. The van der Waals surface area contributed by atoms with E-state index in [0.717, 1.165) is 16.7 Å². The van der Waals surface area contributed by atoms with Crippen LogP contribution in [0.5, 0.6) is 5.75 Å². The summed E-state index contributed by atoms with van der Waals surface area (Å²) in [5.74, 6) is 0.487. The van der Waals surface area contributed by atoms with Crippen molar-refractivity contribution in [2.45, 2.75) is 51.7 Å². The van der Waals surface area contributed by atoms with E-state index in [-0.39, 0.29) is 31.1 Å². The number of nitrogens with zero attached hydrogens (tertiary/aromatic N) is 2. The van der Waals surface area contributed by atoms with Gasteiger partial charge in [-0.05, 0) is 36.1 Å². The lowest BCUT2D eigenvalue weighted by Crippen LogP contribution is -2.30. The molecule has 7 nitrogen and oxygen atoms in total. The first-order chi connectivity index (χ1) is 15.4. The van der Waals surface area contributed by atoms with Gasteiger partial charge in [0.05, 0.1) is 32.2 Å². The van der Waals surface area contributed by atoms with E-state index in [4.69, 9.17) is 21.3 Å². The zero-order valence-corrected chi connectivity index (χ0v) is 18.6. The molecule has 2 aromatic carbocycles. The van der Waals surface area contributed by atoms with Crippen LogP contribution in [0.3, 0.4) is 0 Å². The topological polar surface area (TPSA) is 92.8 Å². The molecule has 0 bridgehead atoms. The highest BCUT2D eigenvalue weighted by Gasteiger charge is 2.16. The Balaban J connectivity index is 1.99. The SMILES string of the molecule is [C-]#[N+]c1ccc(CC(=O)Cc2cccc([C@H](C)NC(=O)O[C@H](CC)CC#N)c2)cc1OC. The van der Waals surface area contributed by atoms with Gasteiger partial charge >= 0.3 is 6.09 Å². The number of ether oxygens (including phenoxy) is 2. The number of rotatable bonds is 10. The van der Waals surface area contributed by atoms with Gasteiger partial charge in [-0.25, -0.2) is 9.64 Å². The van der Waals surface area contributed by atoms with Gasteiger partial charge in [0, 0.05) is 12.8 Å². The van der Waals surface area contributed by atoms with E-state index in [1.165, 1.54) is 7.11 Å². The Morgan fingerprint density at radius 1 is 1.19 bits per heavy atom. The summed E-state index contributed by atoms with van der Waals surface area (Å²) in [6.45, 7) is 10.8. The summed E-state index contributed by atoms with van der Waals surface area (Å²) in [6, 6.07) is 14.3. The summed E-state index contributed by atoms with van der Waals surface area (Å²) in [6.07, 6.45) is 0.201. The van der Waals surface area contributed by atoms with Crippen molar-refractivity contribution in [2.24, 2.45) is 0 Å². The minimum Gasteiger partial charge on any atom is -0.508 e. The number of hydrogen-bond donors (Lipinski definition) is 1. The number of carbonyl (C=O) groups is 2. The third-order valence-corrected chi connectivity index (χ3v) is 5.00. The zero-order chi connectivity index (χ0) is 23.5. The molecular weight excluding hydrogens is 406 g/mol. The van der Waals surface area contributed by atoms with Crippen molar-refractivity contribution in [1.82, 2.24) is 5.32 Å². The van der Waals surface area contributed by atoms with E-state index >= 15 is 0 Å². The Labute approximate surface area is 188 Å². The van der Waals surface area contributed by atoms with Crippen molar-refractivity contribution in [2.75, 3.05) is 7.11 Å². The number of alkyl carbamates (subject to hydrolysis) is 1. The van der Waals surface area contributed by atoms with Gasteiger partial charge in [-0.2, -0.15) is 5.26 Å². The highest BCUT2D eigenvalue weighted by atomic mass is 16.6. The Kier molecular flexibility index (Phi) is 9.25. The van der Waals surface area contributed by atoms with E-state index in [1.807, 2.05) is 44.2 Å². The van der Waals surface area contributed by atoms with E-state index in [1.54, 1.807) is 18.2 Å². The number of amides is 1. The molecule has 0 spiro atoms. The van der Waals surface area contributed by atoms with Crippen LogP contribution in [0.25, 0.3) is 4.85 Å². The van der Waals surface area contributed by atoms with Crippen molar-refractivity contribution in [3.63, 3.8) is 0 Å². The van der Waals surface area contributed by atoms with Crippen LogP contribution in [0.15, 0.2) is 42.5 Å². The molecule has 0 aliphatic rings. The van der Waals surface area contributed by atoms with Gasteiger partial charge in [0.1, 0.15) is 17.6 Å². The number of nitrogens with one attached hydrogen (secondary N) is 1. The molecule has 0 aromatic heterocycles. The summed E-state index contributed by atoms with van der Waals surface area (Å²) in [5.41, 5.74) is 2.89. The maximum absolute atomic E-state index is 12.6. The lowest BCUT2D eigenvalue weighted by atomic mass is 9.99. The van der Waals surface area contributed by atoms with Crippen LogP contribution < -0.4 is 10.1 Å². The fraction of sp³-hybridized carbons (Fsp3) is 0.360. The first kappa shape index (κ1) is 24.4. The number of nitriles is 1. The van der Waals surface area contributed by atoms with Crippen LogP contribution in [0.2, 0.25) is 0 Å². The molecule has 0 fully saturated rings. The molecule has 2 atom stereocenters. The van der Waals surface area contributed by atoms with Crippen LogP contribution >= 0.6 is 0 Å². The quantitative estimate of drug-likeness (QED) is 0.528. The van der Waals surface area contributed by atoms with Crippen LogP contribution in [0, 0.1) is 17.9 Å². The Bertz CT molecular complexity index is 1040. The van der Waals surface area contributed by atoms with Gasteiger partial charge in [-0.1, -0.05) is 43.3 Å². The zero-order valence-electron chi connectivity index (χ0n) is 18.6. The number of hydrogen-bond acceptors (Lipinski definition) is 5. The predicted molar refractivity (Wildman–Crippen MR) is 120 cm³/mol. The molecule has 7 heteroatoms. The van der Waals surface area contributed by atoms with Crippen LogP contribution in [0.1, 0.15) is 49.4 Å². The highest BCUT2D eigenvalue weighted by Crippen LogP contribution is 2.28. The second kappa shape index (κ2) is 12.1. The van der Waals surface area contributed by atoms with Gasteiger partial charge < -0.3 is 14.8 Å². The van der Waals surface area contributed by atoms with Gasteiger partial charge in [0.2, 0.25) is 5.69 Å². The molecule has 0 aliphatic heterocycles. The molecule has 0 radical (unpaired) electrons. The van der Waals surface area contributed by atoms with Crippen LogP contribution in [-0.4, -0.2) is 25.1 Å². The molecule has 2 rings (SSSR count). The monoisotopic (exact) mass is 433 g/mol. The first-order valence-corrected chi connectivity index (χ1v) is 10.4. The summed E-state index contributed by atoms with van der Waals surface area (Å²) in [4.78, 5) is 28.1. The lowest BCUT2D eigenvalue weighted by molar-refractivity contribution is -0.117. The molecule has 0 aliphatic carbocycles. The Morgan fingerprint density at radius 2 is 1.91 bits per heavy atom. The number of ketones is 1. The average Bonchev–Trinajstić information content (AvgIpc) is 2.78. The van der Waals surface area contributed by atoms with Crippen molar-refractivity contribution < 1.29 is 19.1 Å². The molecule has 32 heavy (non-hydrogen) atoms. The molecule has 0 saturated heterocycles. The maximum atomic E-state index is 12.6. The largest absolute Gasteiger partial charge is 0.508 e. The number of benzene rings is 2. The van der Waals surface area contributed by atoms with Crippen molar-refractivity contribution in [3.8, 4) is 11.8 Å². The standard InChI is InChI=1S/C25H27N3O4/c1-5-22(11-12-26)32-25(30)28-17(2)20-8-6-7-18(13-20)14-21(29)15-19-9-10-23(27-3)24(16-19)31-4/h6-10,13,16-17,22H,5,11,14-15H2,1-2,4H3,(H,28,30)/t17-,22+/m0/s1. The number of Topliss-reactive ketones (excluding diaryl/α,β-unsaturated/α-hetero) is 1. The van der Waals surface area contributed by atoms with E-state index < -0.39 is 12.2 Å². The van der Waals surface area contributed by atoms with Gasteiger partial charge in [0.15, 0.2) is 0 Å². The van der Waals surface area contributed by atoms with E-state index in [0.29, 0.717) is 17.9 Å². The maximum Gasteiger partial charge on any atom is 0.407 e. The third-order valence-electron chi connectivity index (χ3n) is 5.00. The molecule has 0 heterocycles. The second-order valence-corrected chi connectivity index (χ2v) is 7.42. The van der Waals surface area contributed by atoms with Crippen molar-refractivity contribution in [1.29, 1.82) is 5.26 Å². The van der Waals surface area contributed by atoms with Crippen LogP contribution in [0.4, 0.5) is 10.5 Å². The first-order valence-electron chi connectivity index (χ1n) is 10.4. The molecule has 1 amide bonds. The van der Waals surface area contributed by atoms with Gasteiger partial charge in [-0.3, -0.25) is 4.79 Å². The number of methoxy groups -OCH3 is 1. The van der Waals surface area contributed by atoms with Crippen molar-refractivity contribution in [3.05, 3.63) is 70.6 Å². The van der Waals surface area contributed by atoms with Gasteiger partial charge in [-0.15, -0.1) is 0 Å².